The van der Waals surface area contributed by atoms with Gasteiger partial charge in [-0.15, -0.1) is 0 Å². The Bertz CT molecular complexity index is 296. The summed E-state index contributed by atoms with van der Waals surface area (Å²) in [4.78, 5) is 34.0. The van der Waals surface area contributed by atoms with Gasteiger partial charge < -0.3 is 0 Å². The Morgan fingerprint density at radius 2 is 2.00 bits per heavy atom. The minimum atomic E-state index is -0.802. The molecule has 1 aliphatic carbocycles. The second kappa shape index (κ2) is 3.40. The molecule has 4 amide bonds. The lowest BCUT2D eigenvalue weighted by atomic mass is 9.83. The molecule has 0 spiro atoms. The van der Waals surface area contributed by atoms with Gasteiger partial charge in [0.25, 0.3) is 0 Å². The standard InChI is InChI=1S/C9H12N2O3/c12-7-8(13)11(9(14)10-7)5-4-6-2-1-3-6/h6H,1-5H2,(H,10,12,14). The molecule has 5 nitrogen and oxygen atoms in total. The van der Waals surface area contributed by atoms with Gasteiger partial charge in [0, 0.05) is 6.54 Å². The summed E-state index contributed by atoms with van der Waals surface area (Å²) in [6.45, 7) is 0.376. The molecule has 0 bridgehead atoms. The topological polar surface area (TPSA) is 66.5 Å². The maximum Gasteiger partial charge on any atom is 0.331 e. The van der Waals surface area contributed by atoms with E-state index in [2.05, 4.69) is 0 Å². The lowest BCUT2D eigenvalue weighted by Crippen LogP contribution is -2.33. The normalized spacial score (nSPS) is 22.6. The van der Waals surface area contributed by atoms with Gasteiger partial charge in [-0.3, -0.25) is 19.8 Å². The minimum absolute atomic E-state index is 0.376. The van der Waals surface area contributed by atoms with Gasteiger partial charge in [-0.25, -0.2) is 4.79 Å². The van der Waals surface area contributed by atoms with Crippen LogP contribution >= 0.6 is 0 Å². The first-order valence-corrected chi connectivity index (χ1v) is 4.85. The lowest BCUT2D eigenvalue weighted by Gasteiger charge is -2.26. The summed E-state index contributed by atoms with van der Waals surface area (Å²) in [7, 11) is 0. The zero-order valence-corrected chi connectivity index (χ0v) is 7.78. The van der Waals surface area contributed by atoms with Crippen molar-refractivity contribution in [3.63, 3.8) is 0 Å². The molecular weight excluding hydrogens is 184 g/mol. The summed E-state index contributed by atoms with van der Waals surface area (Å²) in [6.07, 6.45) is 4.42. The van der Waals surface area contributed by atoms with Crippen molar-refractivity contribution in [1.29, 1.82) is 0 Å². The number of amides is 4. The zero-order chi connectivity index (χ0) is 10.1. The van der Waals surface area contributed by atoms with Crippen LogP contribution in [-0.2, 0) is 9.59 Å². The third-order valence-corrected chi connectivity index (χ3v) is 2.89. The van der Waals surface area contributed by atoms with E-state index in [-0.39, 0.29) is 0 Å². The Balaban J connectivity index is 1.87. The summed E-state index contributed by atoms with van der Waals surface area (Å²) in [6, 6.07) is -0.570. The van der Waals surface area contributed by atoms with Crippen LogP contribution in [0.15, 0.2) is 0 Å². The largest absolute Gasteiger partial charge is 0.331 e. The number of nitrogens with one attached hydrogen (secondary N) is 1. The number of carbonyl (C=O) groups is 3. The van der Waals surface area contributed by atoms with Gasteiger partial charge in [0.05, 0.1) is 0 Å². The molecule has 1 saturated heterocycles. The third kappa shape index (κ3) is 1.49. The highest BCUT2D eigenvalue weighted by Crippen LogP contribution is 2.29. The number of hydrogen-bond donors (Lipinski definition) is 1. The molecule has 2 aliphatic rings. The van der Waals surface area contributed by atoms with Crippen LogP contribution in [0.3, 0.4) is 0 Å². The highest BCUT2D eigenvalue weighted by Gasteiger charge is 2.36. The Hall–Kier alpha value is -1.39. The average molecular weight is 196 g/mol. The molecule has 2 rings (SSSR count). The van der Waals surface area contributed by atoms with Crippen molar-refractivity contribution in [2.75, 3.05) is 6.54 Å². The molecule has 2 fully saturated rings. The molecular formula is C9H12N2O3. The van der Waals surface area contributed by atoms with Crippen molar-refractivity contribution in [2.24, 2.45) is 5.92 Å². The van der Waals surface area contributed by atoms with Gasteiger partial charge in [0.15, 0.2) is 0 Å². The molecule has 5 heteroatoms. The predicted octanol–water partition coefficient (Wildman–Crippen LogP) is 0.255. The van der Waals surface area contributed by atoms with Crippen LogP contribution in [0.25, 0.3) is 0 Å². The molecule has 0 radical (unpaired) electrons. The van der Waals surface area contributed by atoms with E-state index in [1.165, 1.54) is 19.3 Å². The van der Waals surface area contributed by atoms with Crippen molar-refractivity contribution in [2.45, 2.75) is 25.7 Å². The smallest absolute Gasteiger partial charge is 0.269 e. The SMILES string of the molecule is O=C1NC(=O)N(CCC2CCC2)C1=O. The van der Waals surface area contributed by atoms with Crippen LogP contribution in [0.1, 0.15) is 25.7 Å². The first kappa shape index (κ1) is 9.18. The van der Waals surface area contributed by atoms with Gasteiger partial charge in [-0.2, -0.15) is 0 Å². The van der Waals surface area contributed by atoms with Crippen molar-refractivity contribution >= 4 is 17.8 Å². The maximum atomic E-state index is 11.1. The quantitative estimate of drug-likeness (QED) is 0.520. The molecule has 0 aromatic carbocycles. The van der Waals surface area contributed by atoms with Gasteiger partial charge >= 0.3 is 17.8 Å². The van der Waals surface area contributed by atoms with E-state index in [1.54, 1.807) is 0 Å². The second-order valence-corrected chi connectivity index (χ2v) is 3.80. The number of imide groups is 2. The molecule has 0 aromatic rings. The Kier molecular flexibility index (Phi) is 2.23. The fourth-order valence-corrected chi connectivity index (χ4v) is 1.73. The highest BCUT2D eigenvalue weighted by molar-refractivity contribution is 6.44. The summed E-state index contributed by atoms with van der Waals surface area (Å²) < 4.78 is 0. The van der Waals surface area contributed by atoms with Crippen LogP contribution in [0.5, 0.6) is 0 Å². The third-order valence-electron chi connectivity index (χ3n) is 2.89. The zero-order valence-electron chi connectivity index (χ0n) is 7.78. The molecule has 1 saturated carbocycles. The van der Waals surface area contributed by atoms with Gasteiger partial charge in [0.1, 0.15) is 0 Å². The fraction of sp³-hybridized carbons (Fsp3) is 0.667. The maximum absolute atomic E-state index is 11.1. The number of urea groups is 1. The van der Waals surface area contributed by atoms with Crippen LogP contribution < -0.4 is 5.32 Å². The van der Waals surface area contributed by atoms with E-state index in [1.807, 2.05) is 5.32 Å². The molecule has 1 aliphatic heterocycles. The summed E-state index contributed by atoms with van der Waals surface area (Å²) in [5.74, 6) is -0.885. The van der Waals surface area contributed by atoms with E-state index in [0.717, 1.165) is 11.3 Å². The summed E-state index contributed by atoms with van der Waals surface area (Å²) >= 11 is 0. The first-order chi connectivity index (χ1) is 6.68. The molecule has 1 heterocycles. The monoisotopic (exact) mass is 196 g/mol. The predicted molar refractivity (Wildman–Crippen MR) is 47.2 cm³/mol. The molecule has 0 atom stereocenters. The van der Waals surface area contributed by atoms with Gasteiger partial charge in [0.2, 0.25) is 0 Å². The molecule has 1 N–H and O–H groups in total. The van der Waals surface area contributed by atoms with E-state index in [4.69, 9.17) is 0 Å². The van der Waals surface area contributed by atoms with Crippen LogP contribution in [0.2, 0.25) is 0 Å². The lowest BCUT2D eigenvalue weighted by molar-refractivity contribution is -0.140. The molecule has 0 unspecified atom stereocenters. The molecule has 76 valence electrons. The van der Waals surface area contributed by atoms with Crippen molar-refractivity contribution in [3.8, 4) is 0 Å². The van der Waals surface area contributed by atoms with Crippen molar-refractivity contribution in [3.05, 3.63) is 0 Å². The van der Waals surface area contributed by atoms with E-state index < -0.39 is 17.8 Å². The average Bonchev–Trinajstić information content (AvgIpc) is 2.28. The number of nitrogens with zero attached hydrogens (tertiary/aromatic N) is 1. The molecule has 14 heavy (non-hydrogen) atoms. The van der Waals surface area contributed by atoms with Crippen molar-refractivity contribution in [1.82, 2.24) is 10.2 Å². The fourth-order valence-electron chi connectivity index (χ4n) is 1.73. The van der Waals surface area contributed by atoms with Crippen LogP contribution in [0, 0.1) is 5.92 Å². The van der Waals surface area contributed by atoms with Crippen LogP contribution in [0.4, 0.5) is 4.79 Å². The number of hydrogen-bond acceptors (Lipinski definition) is 3. The number of rotatable bonds is 3. The Labute approximate surface area is 81.4 Å². The highest BCUT2D eigenvalue weighted by atomic mass is 16.2. The van der Waals surface area contributed by atoms with Gasteiger partial charge in [-0.05, 0) is 12.3 Å². The van der Waals surface area contributed by atoms with E-state index >= 15 is 0 Å². The Morgan fingerprint density at radius 1 is 1.29 bits per heavy atom. The first-order valence-electron chi connectivity index (χ1n) is 4.85. The summed E-state index contributed by atoms with van der Waals surface area (Å²) in [5.41, 5.74) is 0. The van der Waals surface area contributed by atoms with E-state index in [9.17, 15) is 14.4 Å². The molecule has 0 aromatic heterocycles. The summed E-state index contributed by atoms with van der Waals surface area (Å²) in [5, 5.41) is 1.97. The van der Waals surface area contributed by atoms with Crippen molar-refractivity contribution < 1.29 is 14.4 Å². The number of carbonyl (C=O) groups excluding carboxylic acids is 3. The minimum Gasteiger partial charge on any atom is -0.269 e. The van der Waals surface area contributed by atoms with E-state index in [0.29, 0.717) is 12.5 Å². The van der Waals surface area contributed by atoms with Crippen LogP contribution in [-0.4, -0.2) is 29.3 Å². The van der Waals surface area contributed by atoms with Gasteiger partial charge in [-0.1, -0.05) is 19.3 Å². The second-order valence-electron chi connectivity index (χ2n) is 3.80. The Morgan fingerprint density at radius 3 is 2.43 bits per heavy atom.